The quantitative estimate of drug-likeness (QED) is 0.0198. The minimum Gasteiger partial charge on any atom is -0.489 e. The average molecular weight is 1170 g/mol. The molecule has 3 amide bonds. The first kappa shape index (κ1) is 64.6. The predicted molar refractivity (Wildman–Crippen MR) is 330 cm³/mol. The van der Waals surface area contributed by atoms with Crippen molar-refractivity contribution < 1.29 is 52.1 Å². The third kappa shape index (κ3) is 21.6. The molecule has 0 spiro atoms. The molecule has 6 aromatic rings. The van der Waals surface area contributed by atoms with Crippen molar-refractivity contribution in [3.8, 4) is 16.9 Å². The van der Waals surface area contributed by atoms with Gasteiger partial charge in [0.2, 0.25) is 5.91 Å². The molecule has 17 heteroatoms. The van der Waals surface area contributed by atoms with Crippen LogP contribution in [0.3, 0.4) is 0 Å². The summed E-state index contributed by atoms with van der Waals surface area (Å²) < 4.78 is 36.2. The number of hydrogen-bond donors (Lipinski definition) is 4. The number of hydrogen-bond acceptors (Lipinski definition) is 12. The highest BCUT2D eigenvalue weighted by molar-refractivity contribution is 6.76. The Hall–Kier alpha value is -7.58. The molecule has 0 radical (unpaired) electrons. The maximum atomic E-state index is 14.6. The Morgan fingerprint density at radius 3 is 1.53 bits per heavy atom. The fraction of sp³-hybridized carbons (Fsp3) is 0.379. The Kier molecular flexibility index (Phi) is 24.3. The molecule has 0 unspecified atom stereocenters. The number of benzene rings is 6. The van der Waals surface area contributed by atoms with E-state index in [1.165, 1.54) is 0 Å². The van der Waals surface area contributed by atoms with Crippen LogP contribution in [0, 0.1) is 6.92 Å². The number of amides is 3. The first-order valence-electron chi connectivity index (χ1n) is 28.4. The van der Waals surface area contributed by atoms with Gasteiger partial charge in [0.15, 0.2) is 8.32 Å². The summed E-state index contributed by atoms with van der Waals surface area (Å²) in [6.45, 7) is 19.7. The zero-order valence-corrected chi connectivity index (χ0v) is 51.9. The van der Waals surface area contributed by atoms with Crippen molar-refractivity contribution >= 4 is 46.4 Å². The molecule has 442 valence electrons. The molecular weight excluding hydrogens is 1080 g/mol. The van der Waals surface area contributed by atoms with Gasteiger partial charge in [0.25, 0.3) is 0 Å². The lowest BCUT2D eigenvalue weighted by Crippen LogP contribution is -2.54. The van der Waals surface area contributed by atoms with E-state index in [2.05, 4.69) is 74.8 Å². The maximum Gasteiger partial charge on any atom is 0.408 e. The van der Waals surface area contributed by atoms with Gasteiger partial charge in [-0.1, -0.05) is 186 Å². The standard InChI is InChI=1S/C66H84N4O11Si2/c1-47-31-32-52(53-33-34-60(77-43-48-23-15-11-16-24-48)55(38-53)40-59(62(72)76-35-36-82(6,7)8)70-65(75)80-46-51-29-21-14-22-30-51)37-54(47)39-58(63(73)78-44-49-25-17-12-18-26-49)69-61(71)57(67-5)41-56(81-83(9,10)66(2,3)4)42-68-64(74)79-45-50-27-19-13-20-28-50/h11-34,37-38,56-59,67H,35-36,39-46H2,1-10H3,(H,68,74)(H,69,71)(H,70,75)/t56-,57+,58+,59+/m1/s1. The Bertz CT molecular complexity index is 3030. The van der Waals surface area contributed by atoms with Crippen molar-refractivity contribution in [3.63, 3.8) is 0 Å². The summed E-state index contributed by atoms with van der Waals surface area (Å²) in [4.78, 5) is 69.5. The molecule has 0 aliphatic carbocycles. The second-order valence-electron chi connectivity index (χ2n) is 23.6. The molecule has 4 atom stereocenters. The highest BCUT2D eigenvalue weighted by Gasteiger charge is 2.40. The molecule has 0 saturated carbocycles. The van der Waals surface area contributed by atoms with Crippen molar-refractivity contribution in [2.24, 2.45) is 0 Å². The van der Waals surface area contributed by atoms with Gasteiger partial charge in [-0.25, -0.2) is 19.2 Å². The van der Waals surface area contributed by atoms with Gasteiger partial charge >= 0.3 is 24.1 Å². The molecule has 6 rings (SSSR count). The predicted octanol–water partition coefficient (Wildman–Crippen LogP) is 12.0. The van der Waals surface area contributed by atoms with E-state index < -0.39 is 70.7 Å². The minimum atomic E-state index is -2.45. The highest BCUT2D eigenvalue weighted by atomic mass is 28.4. The molecule has 0 aliphatic heterocycles. The second-order valence-corrected chi connectivity index (χ2v) is 33.9. The SMILES string of the molecule is CN[C@@H](C[C@H](CNC(=O)OCc1ccccc1)O[Si](C)(C)C(C)(C)C)C(=O)N[C@@H](Cc1cc(-c2ccc(OCc3ccccc3)c(C[C@H](NC(=O)OCc3ccccc3)C(=O)OCC[Si](C)(C)C)c2)ccc1C)C(=O)OCc1ccccc1. The van der Waals surface area contributed by atoms with Gasteiger partial charge < -0.3 is 49.4 Å². The highest BCUT2D eigenvalue weighted by Crippen LogP contribution is 2.38. The minimum absolute atomic E-state index is 0.00619. The van der Waals surface area contributed by atoms with Gasteiger partial charge in [0.1, 0.15) is 44.3 Å². The van der Waals surface area contributed by atoms with Gasteiger partial charge in [-0.05, 0) is 107 Å². The van der Waals surface area contributed by atoms with Crippen molar-refractivity contribution in [1.29, 1.82) is 0 Å². The van der Waals surface area contributed by atoms with Crippen LogP contribution < -0.4 is 26.0 Å². The van der Waals surface area contributed by atoms with E-state index in [0.717, 1.165) is 50.6 Å². The van der Waals surface area contributed by atoms with Crippen LogP contribution in [0.25, 0.3) is 11.1 Å². The Labute approximate surface area is 492 Å². The van der Waals surface area contributed by atoms with Gasteiger partial charge in [0.05, 0.1) is 18.8 Å². The largest absolute Gasteiger partial charge is 0.489 e. The number of rotatable bonds is 29. The normalized spacial score (nSPS) is 13.1. The smallest absolute Gasteiger partial charge is 0.408 e. The Morgan fingerprint density at radius 2 is 1.00 bits per heavy atom. The van der Waals surface area contributed by atoms with E-state index in [0.29, 0.717) is 11.3 Å². The van der Waals surface area contributed by atoms with E-state index in [9.17, 15) is 24.0 Å². The average Bonchev–Trinajstić information content (AvgIpc) is 3.64. The number of likely N-dealkylation sites (N-methyl/N-ethyl adjacent to an activating group) is 1. The lowest BCUT2D eigenvalue weighted by Gasteiger charge is -2.40. The van der Waals surface area contributed by atoms with Crippen molar-refractivity contribution in [2.45, 2.75) is 141 Å². The summed E-state index contributed by atoms with van der Waals surface area (Å²) >= 11 is 0. The molecule has 0 bridgehead atoms. The molecular formula is C66H84N4O11Si2. The molecule has 4 N–H and O–H groups in total. The number of carbonyl (C=O) groups excluding carboxylic acids is 5. The van der Waals surface area contributed by atoms with Crippen LogP contribution in [0.1, 0.15) is 66.1 Å². The zero-order chi connectivity index (χ0) is 60.0. The molecule has 0 saturated heterocycles. The molecule has 15 nitrogen and oxygen atoms in total. The third-order valence-electron chi connectivity index (χ3n) is 14.7. The number of ether oxygens (including phenoxy) is 5. The summed E-state index contributed by atoms with van der Waals surface area (Å²) in [6, 6.07) is 46.9. The summed E-state index contributed by atoms with van der Waals surface area (Å²) in [5.74, 6) is -1.18. The summed E-state index contributed by atoms with van der Waals surface area (Å²) in [7, 11) is -2.37. The van der Waals surface area contributed by atoms with Crippen LogP contribution in [0.5, 0.6) is 5.75 Å². The monoisotopic (exact) mass is 1160 g/mol. The lowest BCUT2D eigenvalue weighted by atomic mass is 9.93. The molecule has 83 heavy (non-hydrogen) atoms. The molecule has 0 fully saturated rings. The number of alkyl carbamates (subject to hydrolysis) is 2. The van der Waals surface area contributed by atoms with Crippen molar-refractivity contribution in [3.05, 3.63) is 197 Å². The first-order valence-corrected chi connectivity index (χ1v) is 35.0. The summed E-state index contributed by atoms with van der Waals surface area (Å²) in [5, 5.41) is 11.7. The third-order valence-corrected chi connectivity index (χ3v) is 20.9. The van der Waals surface area contributed by atoms with Gasteiger partial charge in [0, 0.05) is 27.5 Å². The fourth-order valence-electron chi connectivity index (χ4n) is 8.62. The number of carbonyl (C=O) groups is 5. The van der Waals surface area contributed by atoms with Crippen LogP contribution >= 0.6 is 0 Å². The zero-order valence-electron chi connectivity index (χ0n) is 49.9. The van der Waals surface area contributed by atoms with Gasteiger partial charge in [-0.3, -0.25) is 4.79 Å². The van der Waals surface area contributed by atoms with Crippen LogP contribution in [0.15, 0.2) is 158 Å². The number of nitrogens with one attached hydrogen (secondary N) is 4. The number of esters is 2. The van der Waals surface area contributed by atoms with Crippen LogP contribution in [0.4, 0.5) is 9.59 Å². The van der Waals surface area contributed by atoms with E-state index in [-0.39, 0.29) is 63.9 Å². The van der Waals surface area contributed by atoms with Gasteiger partial charge in [-0.2, -0.15) is 0 Å². The summed E-state index contributed by atoms with van der Waals surface area (Å²) in [5.41, 5.74) is 7.15. The van der Waals surface area contributed by atoms with E-state index in [1.807, 2.05) is 165 Å². The molecule has 0 aliphatic rings. The van der Waals surface area contributed by atoms with Crippen molar-refractivity contribution in [1.82, 2.24) is 21.3 Å². The summed E-state index contributed by atoms with van der Waals surface area (Å²) in [6.07, 6.45) is -1.76. The van der Waals surface area contributed by atoms with Gasteiger partial charge in [-0.15, -0.1) is 0 Å². The molecule has 6 aromatic carbocycles. The van der Waals surface area contributed by atoms with E-state index in [4.69, 9.17) is 28.1 Å². The van der Waals surface area contributed by atoms with E-state index >= 15 is 0 Å². The lowest BCUT2D eigenvalue weighted by molar-refractivity contribution is -0.149. The maximum absolute atomic E-state index is 14.6. The van der Waals surface area contributed by atoms with Crippen molar-refractivity contribution in [2.75, 3.05) is 20.2 Å². The Balaban J connectivity index is 1.29. The topological polar surface area (TPSA) is 189 Å². The molecule has 0 aromatic heterocycles. The Morgan fingerprint density at radius 1 is 0.530 bits per heavy atom. The first-order chi connectivity index (χ1) is 39.5. The second kappa shape index (κ2) is 31.2. The van der Waals surface area contributed by atoms with Crippen LogP contribution in [0.2, 0.25) is 43.8 Å². The van der Waals surface area contributed by atoms with E-state index in [1.54, 1.807) is 7.05 Å². The fourth-order valence-corrected chi connectivity index (χ4v) is 10.7. The molecule has 0 heterocycles. The van der Waals surface area contributed by atoms with Crippen LogP contribution in [-0.2, 0) is 77.0 Å². The van der Waals surface area contributed by atoms with Crippen LogP contribution in [-0.4, -0.2) is 90.9 Å². The number of aryl methyl sites for hydroxylation is 1.